The molecule has 0 aliphatic heterocycles. The molecule has 0 unspecified atom stereocenters. The topological polar surface area (TPSA) is 139 Å². The van der Waals surface area contributed by atoms with Crippen LogP contribution in [0, 0.1) is 0 Å². The van der Waals surface area contributed by atoms with E-state index in [-0.39, 0.29) is 11.8 Å². The summed E-state index contributed by atoms with van der Waals surface area (Å²) in [5, 5.41) is 5.77. The fourth-order valence-corrected chi connectivity index (χ4v) is 3.86. The van der Waals surface area contributed by atoms with Gasteiger partial charge in [0.15, 0.2) is 0 Å². The van der Waals surface area contributed by atoms with Gasteiger partial charge in [0.1, 0.15) is 6.04 Å². The number of aromatic nitrogens is 2. The lowest BCUT2D eigenvalue weighted by atomic mass is 10.0. The standard InChI is InChI=1S/C27H36N6O2/c28-14-5-4-6-20-9-11-21(12-10-20)13-15-31-27(35)25(17-23-18-30-19-32-23)33-26(34)24(29)16-22-7-2-1-3-8-22/h1-3,7-12,18-19,24-25H,4-6,13-17,28-29H2,(H,30,32)(H,31,35)(H,33,34)/t24-,25-/m0/s1. The van der Waals surface area contributed by atoms with Crippen molar-refractivity contribution in [2.45, 2.75) is 50.6 Å². The molecule has 0 aliphatic carbocycles. The van der Waals surface area contributed by atoms with Crippen LogP contribution in [0.2, 0.25) is 0 Å². The van der Waals surface area contributed by atoms with Gasteiger partial charge >= 0.3 is 0 Å². The van der Waals surface area contributed by atoms with E-state index in [9.17, 15) is 9.59 Å². The maximum absolute atomic E-state index is 13.0. The smallest absolute Gasteiger partial charge is 0.242 e. The van der Waals surface area contributed by atoms with Crippen LogP contribution in [0.25, 0.3) is 0 Å². The maximum Gasteiger partial charge on any atom is 0.242 e. The number of rotatable bonds is 14. The summed E-state index contributed by atoms with van der Waals surface area (Å²) in [4.78, 5) is 32.7. The first-order valence-electron chi connectivity index (χ1n) is 12.2. The van der Waals surface area contributed by atoms with Crippen molar-refractivity contribution in [1.82, 2.24) is 20.6 Å². The number of nitrogens with zero attached hydrogens (tertiary/aromatic N) is 1. The molecule has 0 radical (unpaired) electrons. The van der Waals surface area contributed by atoms with Crippen molar-refractivity contribution in [2.75, 3.05) is 13.1 Å². The van der Waals surface area contributed by atoms with Gasteiger partial charge in [-0.3, -0.25) is 9.59 Å². The number of unbranched alkanes of at least 4 members (excludes halogenated alkanes) is 1. The molecule has 0 saturated carbocycles. The molecule has 0 aliphatic rings. The third-order valence-corrected chi connectivity index (χ3v) is 5.90. The first-order chi connectivity index (χ1) is 17.0. The van der Waals surface area contributed by atoms with E-state index in [0.29, 0.717) is 25.8 Å². The Balaban J connectivity index is 1.52. The van der Waals surface area contributed by atoms with E-state index in [1.165, 1.54) is 5.56 Å². The highest BCUT2D eigenvalue weighted by Crippen LogP contribution is 2.09. The summed E-state index contributed by atoms with van der Waals surface area (Å²) in [6.45, 7) is 1.19. The van der Waals surface area contributed by atoms with Crippen molar-refractivity contribution in [3.05, 3.63) is 89.5 Å². The van der Waals surface area contributed by atoms with E-state index >= 15 is 0 Å². The van der Waals surface area contributed by atoms with Crippen LogP contribution in [0.3, 0.4) is 0 Å². The van der Waals surface area contributed by atoms with Gasteiger partial charge in [0.25, 0.3) is 0 Å². The monoisotopic (exact) mass is 476 g/mol. The van der Waals surface area contributed by atoms with E-state index in [4.69, 9.17) is 11.5 Å². The van der Waals surface area contributed by atoms with Gasteiger partial charge < -0.3 is 27.1 Å². The summed E-state index contributed by atoms with van der Waals surface area (Å²) in [5.74, 6) is -0.614. The van der Waals surface area contributed by atoms with Crippen LogP contribution in [-0.4, -0.2) is 47.0 Å². The number of carbonyl (C=O) groups is 2. The van der Waals surface area contributed by atoms with Crippen molar-refractivity contribution in [2.24, 2.45) is 11.5 Å². The van der Waals surface area contributed by atoms with Crippen molar-refractivity contribution in [3.63, 3.8) is 0 Å². The molecule has 0 spiro atoms. The first-order valence-corrected chi connectivity index (χ1v) is 12.2. The van der Waals surface area contributed by atoms with Gasteiger partial charge in [0.05, 0.1) is 12.4 Å². The number of benzene rings is 2. The molecule has 2 amide bonds. The van der Waals surface area contributed by atoms with Gasteiger partial charge in [-0.15, -0.1) is 0 Å². The molecule has 0 saturated heterocycles. The number of carbonyl (C=O) groups excluding carboxylic acids is 2. The zero-order chi connectivity index (χ0) is 24.9. The maximum atomic E-state index is 13.0. The summed E-state index contributed by atoms with van der Waals surface area (Å²) < 4.78 is 0. The predicted molar refractivity (Wildman–Crippen MR) is 137 cm³/mol. The number of hydrogen-bond donors (Lipinski definition) is 5. The van der Waals surface area contributed by atoms with Crippen LogP contribution in [0.15, 0.2) is 67.1 Å². The number of nitrogens with one attached hydrogen (secondary N) is 3. The van der Waals surface area contributed by atoms with Crippen molar-refractivity contribution < 1.29 is 9.59 Å². The molecular weight excluding hydrogens is 440 g/mol. The minimum atomic E-state index is -0.755. The fraction of sp³-hybridized carbons (Fsp3) is 0.370. The molecule has 0 fully saturated rings. The highest BCUT2D eigenvalue weighted by atomic mass is 16.2. The molecule has 2 aromatic carbocycles. The first kappa shape index (κ1) is 26.1. The van der Waals surface area contributed by atoms with Crippen molar-refractivity contribution in [3.8, 4) is 0 Å². The molecule has 3 aromatic rings. The Hall–Kier alpha value is -3.49. The van der Waals surface area contributed by atoms with Crippen molar-refractivity contribution in [1.29, 1.82) is 0 Å². The number of amides is 2. The zero-order valence-corrected chi connectivity index (χ0v) is 20.1. The van der Waals surface area contributed by atoms with Crippen LogP contribution in [0.1, 0.15) is 35.2 Å². The molecule has 1 aromatic heterocycles. The van der Waals surface area contributed by atoms with Crippen LogP contribution in [0.5, 0.6) is 0 Å². The predicted octanol–water partition coefficient (Wildman–Crippen LogP) is 1.65. The van der Waals surface area contributed by atoms with Crippen LogP contribution >= 0.6 is 0 Å². The summed E-state index contributed by atoms with van der Waals surface area (Å²) in [6.07, 6.45) is 7.73. The van der Waals surface area contributed by atoms with Gasteiger partial charge in [-0.25, -0.2) is 4.98 Å². The van der Waals surface area contributed by atoms with Crippen molar-refractivity contribution >= 4 is 11.8 Å². The molecule has 3 rings (SSSR count). The molecule has 1 heterocycles. The van der Waals surface area contributed by atoms with Crippen LogP contribution in [-0.2, 0) is 35.3 Å². The molecule has 7 N–H and O–H groups in total. The Bertz CT molecular complexity index is 1020. The minimum Gasteiger partial charge on any atom is -0.354 e. The number of H-pyrrole nitrogens is 1. The lowest BCUT2D eigenvalue weighted by molar-refractivity contribution is -0.129. The second-order valence-electron chi connectivity index (χ2n) is 8.74. The summed E-state index contributed by atoms with van der Waals surface area (Å²) in [7, 11) is 0. The van der Waals surface area contributed by atoms with Gasteiger partial charge in [0.2, 0.25) is 11.8 Å². The van der Waals surface area contributed by atoms with E-state index < -0.39 is 12.1 Å². The summed E-state index contributed by atoms with van der Waals surface area (Å²) in [5.41, 5.74) is 15.8. The number of nitrogens with two attached hydrogens (primary N) is 2. The third kappa shape index (κ3) is 8.99. The highest BCUT2D eigenvalue weighted by Gasteiger charge is 2.24. The second kappa shape index (κ2) is 14.0. The molecule has 2 atom stereocenters. The molecule has 35 heavy (non-hydrogen) atoms. The SMILES string of the molecule is NCCCCc1ccc(CCNC(=O)[C@H](Cc2cnc[nH]2)NC(=O)[C@@H](N)Cc2ccccc2)cc1. The lowest BCUT2D eigenvalue weighted by Crippen LogP contribution is -2.53. The Labute approximate surface area is 206 Å². The average molecular weight is 477 g/mol. The molecule has 8 nitrogen and oxygen atoms in total. The third-order valence-electron chi connectivity index (χ3n) is 5.90. The Morgan fingerprint density at radius 2 is 1.60 bits per heavy atom. The largest absolute Gasteiger partial charge is 0.354 e. The quantitative estimate of drug-likeness (QED) is 0.225. The van der Waals surface area contributed by atoms with E-state index in [0.717, 1.165) is 42.6 Å². The normalized spacial score (nSPS) is 12.6. The summed E-state index contributed by atoms with van der Waals surface area (Å²) >= 11 is 0. The van der Waals surface area contributed by atoms with Gasteiger partial charge in [-0.05, 0) is 55.3 Å². The van der Waals surface area contributed by atoms with E-state index in [1.54, 1.807) is 12.5 Å². The fourth-order valence-electron chi connectivity index (χ4n) is 3.86. The van der Waals surface area contributed by atoms with Crippen LogP contribution in [0.4, 0.5) is 0 Å². The van der Waals surface area contributed by atoms with E-state index in [1.807, 2.05) is 30.3 Å². The number of aryl methyl sites for hydroxylation is 1. The second-order valence-corrected chi connectivity index (χ2v) is 8.74. The van der Waals surface area contributed by atoms with Crippen LogP contribution < -0.4 is 22.1 Å². The number of imidazole rings is 1. The average Bonchev–Trinajstić information content (AvgIpc) is 3.38. The zero-order valence-electron chi connectivity index (χ0n) is 20.1. The Kier molecular flexibility index (Phi) is 10.5. The number of aromatic amines is 1. The molecule has 186 valence electrons. The van der Waals surface area contributed by atoms with Gasteiger partial charge in [-0.2, -0.15) is 0 Å². The lowest BCUT2D eigenvalue weighted by Gasteiger charge is -2.20. The number of hydrogen-bond acceptors (Lipinski definition) is 5. The van der Waals surface area contributed by atoms with Gasteiger partial charge in [-0.1, -0.05) is 54.6 Å². The molecule has 8 heteroatoms. The highest BCUT2D eigenvalue weighted by molar-refractivity contribution is 5.90. The molecule has 0 bridgehead atoms. The Morgan fingerprint density at radius 1 is 0.886 bits per heavy atom. The summed E-state index contributed by atoms with van der Waals surface area (Å²) in [6, 6.07) is 16.5. The Morgan fingerprint density at radius 3 is 2.26 bits per heavy atom. The van der Waals surface area contributed by atoms with Gasteiger partial charge in [0, 0.05) is 24.9 Å². The van der Waals surface area contributed by atoms with E-state index in [2.05, 4.69) is 44.9 Å². The molecular formula is C27H36N6O2. The minimum absolute atomic E-state index is 0.252.